The fourth-order valence-corrected chi connectivity index (χ4v) is 0.588. The van der Waals surface area contributed by atoms with E-state index in [4.69, 9.17) is 10.2 Å². The predicted molar refractivity (Wildman–Crippen MR) is 54.1 cm³/mol. The molecule has 0 aromatic rings. The summed E-state index contributed by atoms with van der Waals surface area (Å²) >= 11 is 0. The Morgan fingerprint density at radius 2 is 1.00 bits per heavy atom. The summed E-state index contributed by atoms with van der Waals surface area (Å²) in [5.41, 5.74) is 0. The van der Waals surface area contributed by atoms with Gasteiger partial charge in [0.15, 0.2) is 11.6 Å². The maximum Gasteiger partial charge on any atom is 0.155 e. The molecule has 0 saturated heterocycles. The molecule has 0 unspecified atom stereocenters. The molecule has 0 aromatic carbocycles. The second kappa shape index (κ2) is 11.2. The minimum Gasteiger partial charge on any atom is -0.512 e. The molecule has 0 heterocycles. The van der Waals surface area contributed by atoms with Crippen molar-refractivity contribution in [2.75, 3.05) is 0 Å². The SMILES string of the molecule is CC(=O)/C=C(\C)O.CC(=O)/C=C(\C)O.[Pt]. The van der Waals surface area contributed by atoms with Crippen LogP contribution in [0.25, 0.3) is 0 Å². The van der Waals surface area contributed by atoms with Gasteiger partial charge in [-0.15, -0.1) is 0 Å². The molecule has 0 saturated carbocycles. The Bertz CT molecular complexity index is 231. The van der Waals surface area contributed by atoms with Crippen LogP contribution >= 0.6 is 0 Å². The summed E-state index contributed by atoms with van der Waals surface area (Å²) in [5.74, 6) is -0.125. The van der Waals surface area contributed by atoms with Gasteiger partial charge in [-0.05, 0) is 27.7 Å². The van der Waals surface area contributed by atoms with E-state index in [0.717, 1.165) is 0 Å². The Hall–Kier alpha value is -0.892. The van der Waals surface area contributed by atoms with E-state index in [1.165, 1.54) is 39.8 Å². The number of aliphatic hydroxyl groups is 2. The molecule has 0 aliphatic heterocycles. The third kappa shape index (κ3) is 32.0. The number of aliphatic hydroxyl groups excluding tert-OH is 2. The molecule has 15 heavy (non-hydrogen) atoms. The van der Waals surface area contributed by atoms with Gasteiger partial charge in [-0.1, -0.05) is 0 Å². The number of hydrogen-bond donors (Lipinski definition) is 2. The van der Waals surface area contributed by atoms with Crippen molar-refractivity contribution in [3.05, 3.63) is 23.7 Å². The van der Waals surface area contributed by atoms with Crippen LogP contribution < -0.4 is 0 Å². The molecule has 0 atom stereocenters. The van der Waals surface area contributed by atoms with Gasteiger partial charge in [-0.25, -0.2) is 0 Å². The van der Waals surface area contributed by atoms with Gasteiger partial charge < -0.3 is 10.2 Å². The van der Waals surface area contributed by atoms with Crippen LogP contribution in [0, 0.1) is 0 Å². The van der Waals surface area contributed by atoms with Crippen molar-refractivity contribution in [1.29, 1.82) is 0 Å². The summed E-state index contributed by atoms with van der Waals surface area (Å²) in [7, 11) is 0. The Labute approximate surface area is 104 Å². The number of allylic oxidation sites excluding steroid dienone is 4. The quantitative estimate of drug-likeness (QED) is 0.555. The zero-order valence-electron chi connectivity index (χ0n) is 9.18. The number of ketones is 2. The minimum absolute atomic E-state index is 0. The Morgan fingerprint density at radius 3 is 1.00 bits per heavy atom. The van der Waals surface area contributed by atoms with E-state index in [-0.39, 0.29) is 44.2 Å². The maximum atomic E-state index is 10.0. The fraction of sp³-hybridized carbons (Fsp3) is 0.400. The van der Waals surface area contributed by atoms with Gasteiger partial charge in [0.1, 0.15) is 0 Å². The first-order valence-electron chi connectivity index (χ1n) is 4.01. The zero-order valence-corrected chi connectivity index (χ0v) is 11.5. The Balaban J connectivity index is -0.000000180. The van der Waals surface area contributed by atoms with Gasteiger partial charge >= 0.3 is 0 Å². The van der Waals surface area contributed by atoms with Crippen molar-refractivity contribution < 1.29 is 40.9 Å². The Kier molecular flexibility index (Phi) is 14.6. The van der Waals surface area contributed by atoms with Gasteiger partial charge in [0.25, 0.3) is 0 Å². The van der Waals surface area contributed by atoms with Crippen LogP contribution in [0.1, 0.15) is 27.7 Å². The molecule has 0 spiro atoms. The first-order valence-corrected chi connectivity index (χ1v) is 4.01. The van der Waals surface area contributed by atoms with Gasteiger partial charge in [0.05, 0.1) is 11.5 Å². The van der Waals surface area contributed by atoms with Gasteiger partial charge in [-0.2, -0.15) is 0 Å². The van der Waals surface area contributed by atoms with Gasteiger partial charge in [-0.3, -0.25) is 9.59 Å². The second-order valence-electron chi connectivity index (χ2n) is 2.79. The van der Waals surface area contributed by atoms with E-state index in [9.17, 15) is 9.59 Å². The third-order valence-electron chi connectivity index (χ3n) is 0.824. The molecule has 0 bridgehead atoms. The summed E-state index contributed by atoms with van der Waals surface area (Å²) in [4.78, 5) is 20.0. The molecular formula is C10H16O4Pt. The molecule has 0 aromatic heterocycles. The first kappa shape index (κ1) is 19.6. The molecule has 0 aliphatic carbocycles. The number of hydrogen-bond acceptors (Lipinski definition) is 4. The smallest absolute Gasteiger partial charge is 0.155 e. The molecule has 2 N–H and O–H groups in total. The predicted octanol–water partition coefficient (Wildman–Crippen LogP) is 2.07. The normalized spacial score (nSPS) is 10.7. The zero-order chi connectivity index (χ0) is 11.7. The number of carbonyl (C=O) groups is 2. The summed E-state index contributed by atoms with van der Waals surface area (Å²) < 4.78 is 0. The maximum absolute atomic E-state index is 10.0. The van der Waals surface area contributed by atoms with Crippen LogP contribution in [-0.2, 0) is 30.7 Å². The third-order valence-corrected chi connectivity index (χ3v) is 0.824. The van der Waals surface area contributed by atoms with E-state index < -0.39 is 0 Å². The average molecular weight is 395 g/mol. The summed E-state index contributed by atoms with van der Waals surface area (Å²) in [6.45, 7) is 5.70. The summed E-state index contributed by atoms with van der Waals surface area (Å²) in [5, 5.41) is 16.7. The van der Waals surface area contributed by atoms with E-state index >= 15 is 0 Å². The fourth-order valence-electron chi connectivity index (χ4n) is 0.588. The van der Waals surface area contributed by atoms with E-state index in [1.807, 2.05) is 0 Å². The number of rotatable bonds is 2. The van der Waals surface area contributed by atoms with Crippen LogP contribution in [0.5, 0.6) is 0 Å². The van der Waals surface area contributed by atoms with Gasteiger partial charge in [0.2, 0.25) is 0 Å². The second-order valence-corrected chi connectivity index (χ2v) is 2.79. The molecule has 0 aliphatic rings. The molecule has 0 rings (SSSR count). The molecule has 5 heteroatoms. The van der Waals surface area contributed by atoms with Crippen molar-refractivity contribution in [2.24, 2.45) is 0 Å². The standard InChI is InChI=1S/2C5H8O2.Pt/c2*1-4(6)3-5(2)7;/h2*3,6H,1-2H3;/b2*4-3+;. The average Bonchev–Trinajstić information content (AvgIpc) is 1.79. The van der Waals surface area contributed by atoms with Crippen LogP contribution in [0.3, 0.4) is 0 Å². The molecule has 0 amide bonds. The topological polar surface area (TPSA) is 74.6 Å². The van der Waals surface area contributed by atoms with Crippen molar-refractivity contribution in [1.82, 2.24) is 0 Å². The van der Waals surface area contributed by atoms with Crippen molar-refractivity contribution >= 4 is 11.6 Å². The molecule has 0 radical (unpaired) electrons. The molecule has 4 nitrogen and oxygen atoms in total. The largest absolute Gasteiger partial charge is 0.512 e. The molecular weight excluding hydrogens is 379 g/mol. The first-order chi connectivity index (χ1) is 6.25. The van der Waals surface area contributed by atoms with Crippen molar-refractivity contribution in [3.63, 3.8) is 0 Å². The van der Waals surface area contributed by atoms with Gasteiger partial charge in [0, 0.05) is 33.2 Å². The van der Waals surface area contributed by atoms with E-state index in [0.29, 0.717) is 0 Å². The van der Waals surface area contributed by atoms with Crippen molar-refractivity contribution in [3.8, 4) is 0 Å². The van der Waals surface area contributed by atoms with E-state index in [1.54, 1.807) is 0 Å². The monoisotopic (exact) mass is 395 g/mol. The molecule has 0 fully saturated rings. The van der Waals surface area contributed by atoms with Crippen LogP contribution in [0.2, 0.25) is 0 Å². The summed E-state index contributed by atoms with van der Waals surface area (Å²) in [6, 6.07) is 0. The van der Waals surface area contributed by atoms with Crippen LogP contribution in [-0.4, -0.2) is 21.8 Å². The summed E-state index contributed by atoms with van der Waals surface area (Å²) in [6.07, 6.45) is 2.33. The Morgan fingerprint density at radius 1 is 0.800 bits per heavy atom. The minimum atomic E-state index is -0.125. The molecule has 90 valence electrons. The van der Waals surface area contributed by atoms with Crippen molar-refractivity contribution in [2.45, 2.75) is 27.7 Å². The number of carbonyl (C=O) groups excluding carboxylic acids is 2. The van der Waals surface area contributed by atoms with Crippen LogP contribution in [0.15, 0.2) is 23.7 Å². The van der Waals surface area contributed by atoms with E-state index in [2.05, 4.69) is 0 Å². The van der Waals surface area contributed by atoms with Crippen LogP contribution in [0.4, 0.5) is 0 Å².